The van der Waals surface area contributed by atoms with E-state index in [1.54, 1.807) is 7.11 Å². The van der Waals surface area contributed by atoms with Gasteiger partial charge in [-0.2, -0.15) is 0 Å². The second kappa shape index (κ2) is 8.37. The first-order valence-electron chi connectivity index (χ1n) is 6.34. The van der Waals surface area contributed by atoms with Gasteiger partial charge < -0.3 is 20.1 Å². The van der Waals surface area contributed by atoms with Crippen molar-refractivity contribution < 1.29 is 14.3 Å². The Hall–Kier alpha value is -1.75. The van der Waals surface area contributed by atoms with E-state index in [1.165, 1.54) is 0 Å². The Morgan fingerprint density at radius 3 is 2.53 bits per heavy atom. The van der Waals surface area contributed by atoms with Crippen LogP contribution < -0.4 is 15.4 Å². The highest BCUT2D eigenvalue weighted by Gasteiger charge is 2.01. The predicted octanol–water partition coefficient (Wildman–Crippen LogP) is 1.63. The molecule has 0 aliphatic carbocycles. The first-order chi connectivity index (χ1) is 9.13. The monoisotopic (exact) mass is 266 g/mol. The second-order valence-corrected chi connectivity index (χ2v) is 4.29. The molecule has 0 fully saturated rings. The fraction of sp³-hybridized carbons (Fsp3) is 0.500. The normalized spacial score (nSPS) is 10.1. The predicted molar refractivity (Wildman–Crippen MR) is 74.7 cm³/mol. The van der Waals surface area contributed by atoms with Crippen LogP contribution in [-0.2, 0) is 4.74 Å². The Labute approximate surface area is 114 Å². The first-order valence-corrected chi connectivity index (χ1v) is 6.34. The number of hydrogen-bond donors (Lipinski definition) is 2. The molecule has 0 spiro atoms. The second-order valence-electron chi connectivity index (χ2n) is 4.29. The minimum atomic E-state index is -0.207. The van der Waals surface area contributed by atoms with Gasteiger partial charge in [-0.25, -0.2) is 4.79 Å². The van der Waals surface area contributed by atoms with E-state index < -0.39 is 0 Å². The molecule has 1 aromatic carbocycles. The first kappa shape index (κ1) is 15.3. The zero-order chi connectivity index (χ0) is 14.1. The maximum absolute atomic E-state index is 11.3. The molecule has 0 unspecified atom stereocenters. The molecule has 0 aliphatic heterocycles. The number of ether oxygens (including phenoxy) is 2. The van der Waals surface area contributed by atoms with E-state index in [0.29, 0.717) is 26.3 Å². The molecule has 5 nitrogen and oxygen atoms in total. The van der Waals surface area contributed by atoms with Crippen molar-refractivity contribution in [2.24, 2.45) is 0 Å². The number of carbonyl (C=O) groups excluding carboxylic acids is 1. The maximum atomic E-state index is 11.3. The molecule has 0 aliphatic rings. The molecule has 0 heterocycles. The van der Waals surface area contributed by atoms with Crippen LogP contribution in [0.4, 0.5) is 4.79 Å². The summed E-state index contributed by atoms with van der Waals surface area (Å²) in [5.41, 5.74) is 2.25. The van der Waals surface area contributed by atoms with Crippen LogP contribution in [0.5, 0.6) is 5.75 Å². The van der Waals surface area contributed by atoms with Gasteiger partial charge in [0.15, 0.2) is 0 Å². The smallest absolute Gasteiger partial charge is 0.314 e. The van der Waals surface area contributed by atoms with Gasteiger partial charge in [-0.15, -0.1) is 0 Å². The molecule has 0 atom stereocenters. The molecule has 0 saturated carbocycles. The third-order valence-corrected chi connectivity index (χ3v) is 2.58. The average Bonchev–Trinajstić information content (AvgIpc) is 2.39. The summed E-state index contributed by atoms with van der Waals surface area (Å²) in [5.74, 6) is 0.863. The molecule has 0 aromatic heterocycles. The Morgan fingerprint density at radius 1 is 1.16 bits per heavy atom. The van der Waals surface area contributed by atoms with Gasteiger partial charge in [-0.3, -0.25) is 0 Å². The molecular formula is C14H22N2O3. The largest absolute Gasteiger partial charge is 0.491 e. The number of aryl methyl sites for hydroxylation is 2. The standard InChI is InChI=1S/C14H22N2O3/c1-11-4-5-12(2)13(10-11)19-9-7-16-14(17)15-6-8-18-3/h4-5,10H,6-9H2,1-3H3,(H2,15,16,17). The van der Waals surface area contributed by atoms with Gasteiger partial charge in [0.1, 0.15) is 12.4 Å². The Kier molecular flexibility index (Phi) is 6.74. The maximum Gasteiger partial charge on any atom is 0.314 e. The molecule has 5 heteroatoms. The van der Waals surface area contributed by atoms with Crippen LogP contribution in [0.3, 0.4) is 0 Å². The summed E-state index contributed by atoms with van der Waals surface area (Å²) in [7, 11) is 1.59. The fourth-order valence-electron chi connectivity index (χ4n) is 1.52. The van der Waals surface area contributed by atoms with E-state index in [-0.39, 0.29) is 6.03 Å². The van der Waals surface area contributed by atoms with E-state index in [4.69, 9.17) is 9.47 Å². The van der Waals surface area contributed by atoms with Crippen LogP contribution in [0.2, 0.25) is 0 Å². The van der Waals surface area contributed by atoms with Crippen molar-refractivity contribution in [2.45, 2.75) is 13.8 Å². The summed E-state index contributed by atoms with van der Waals surface area (Å²) in [6, 6.07) is 5.86. The lowest BCUT2D eigenvalue weighted by Gasteiger charge is -2.11. The van der Waals surface area contributed by atoms with Gasteiger partial charge in [0, 0.05) is 13.7 Å². The van der Waals surface area contributed by atoms with Crippen molar-refractivity contribution in [3.05, 3.63) is 29.3 Å². The van der Waals surface area contributed by atoms with E-state index in [2.05, 4.69) is 10.6 Å². The molecule has 19 heavy (non-hydrogen) atoms. The van der Waals surface area contributed by atoms with Crippen LogP contribution >= 0.6 is 0 Å². The van der Waals surface area contributed by atoms with Crippen LogP contribution in [0, 0.1) is 13.8 Å². The number of rotatable bonds is 7. The Balaban J connectivity index is 2.20. The van der Waals surface area contributed by atoms with E-state index in [9.17, 15) is 4.79 Å². The molecule has 1 rings (SSSR count). The van der Waals surface area contributed by atoms with Crippen LogP contribution in [-0.4, -0.2) is 39.4 Å². The summed E-state index contributed by atoms with van der Waals surface area (Å²) >= 11 is 0. The van der Waals surface area contributed by atoms with E-state index >= 15 is 0 Å². The Bertz CT molecular complexity index is 408. The van der Waals surface area contributed by atoms with Gasteiger partial charge >= 0.3 is 6.03 Å². The number of benzene rings is 1. The third kappa shape index (κ3) is 6.10. The van der Waals surface area contributed by atoms with Crippen molar-refractivity contribution >= 4 is 6.03 Å². The average molecular weight is 266 g/mol. The van der Waals surface area contributed by atoms with Gasteiger partial charge in [-0.05, 0) is 31.0 Å². The highest BCUT2D eigenvalue weighted by molar-refractivity contribution is 5.73. The number of carbonyl (C=O) groups is 1. The van der Waals surface area contributed by atoms with E-state index in [1.807, 2.05) is 32.0 Å². The van der Waals surface area contributed by atoms with Gasteiger partial charge in [0.05, 0.1) is 13.2 Å². The molecule has 0 radical (unpaired) electrons. The number of nitrogens with one attached hydrogen (secondary N) is 2. The number of hydrogen-bond acceptors (Lipinski definition) is 3. The van der Waals surface area contributed by atoms with E-state index in [0.717, 1.165) is 16.9 Å². The van der Waals surface area contributed by atoms with Crippen molar-refractivity contribution in [1.82, 2.24) is 10.6 Å². The van der Waals surface area contributed by atoms with Crippen molar-refractivity contribution in [3.63, 3.8) is 0 Å². The molecule has 106 valence electrons. The molecular weight excluding hydrogens is 244 g/mol. The summed E-state index contributed by atoms with van der Waals surface area (Å²) < 4.78 is 10.5. The summed E-state index contributed by atoms with van der Waals surface area (Å²) in [6.45, 7) is 5.94. The summed E-state index contributed by atoms with van der Waals surface area (Å²) in [5, 5.41) is 5.39. The highest BCUT2D eigenvalue weighted by atomic mass is 16.5. The third-order valence-electron chi connectivity index (χ3n) is 2.58. The van der Waals surface area contributed by atoms with Crippen LogP contribution in [0.1, 0.15) is 11.1 Å². The minimum Gasteiger partial charge on any atom is -0.491 e. The van der Waals surface area contributed by atoms with Crippen LogP contribution in [0.25, 0.3) is 0 Å². The Morgan fingerprint density at radius 2 is 1.84 bits per heavy atom. The zero-order valence-corrected chi connectivity index (χ0v) is 11.8. The van der Waals surface area contributed by atoms with Gasteiger partial charge in [0.25, 0.3) is 0 Å². The highest BCUT2D eigenvalue weighted by Crippen LogP contribution is 2.18. The quantitative estimate of drug-likeness (QED) is 0.737. The lowest BCUT2D eigenvalue weighted by molar-refractivity contribution is 0.195. The fourth-order valence-corrected chi connectivity index (χ4v) is 1.52. The lowest BCUT2D eigenvalue weighted by atomic mass is 10.1. The minimum absolute atomic E-state index is 0.207. The number of urea groups is 1. The molecule has 2 N–H and O–H groups in total. The van der Waals surface area contributed by atoms with Crippen LogP contribution in [0.15, 0.2) is 18.2 Å². The van der Waals surface area contributed by atoms with Crippen molar-refractivity contribution in [2.75, 3.05) is 33.4 Å². The molecule has 0 bridgehead atoms. The SMILES string of the molecule is COCCNC(=O)NCCOc1cc(C)ccc1C. The molecule has 0 saturated heterocycles. The number of amides is 2. The topological polar surface area (TPSA) is 59.6 Å². The number of methoxy groups -OCH3 is 1. The lowest BCUT2D eigenvalue weighted by Crippen LogP contribution is -2.39. The molecule has 1 aromatic rings. The summed E-state index contributed by atoms with van der Waals surface area (Å²) in [6.07, 6.45) is 0. The van der Waals surface area contributed by atoms with Crippen molar-refractivity contribution in [3.8, 4) is 5.75 Å². The van der Waals surface area contributed by atoms with Gasteiger partial charge in [0.2, 0.25) is 0 Å². The molecule has 2 amide bonds. The van der Waals surface area contributed by atoms with Crippen molar-refractivity contribution in [1.29, 1.82) is 0 Å². The van der Waals surface area contributed by atoms with Gasteiger partial charge in [-0.1, -0.05) is 12.1 Å². The summed E-state index contributed by atoms with van der Waals surface area (Å²) in [4.78, 5) is 11.3. The zero-order valence-electron chi connectivity index (χ0n) is 11.8.